The van der Waals surface area contributed by atoms with Crippen molar-refractivity contribution in [1.82, 2.24) is 29.1 Å². The van der Waals surface area contributed by atoms with E-state index in [4.69, 9.17) is 0 Å². The molecule has 9 nitrogen and oxygen atoms in total. The number of halogens is 2. The maximum atomic E-state index is 13.3. The highest BCUT2D eigenvalue weighted by Crippen LogP contribution is 2.25. The summed E-state index contributed by atoms with van der Waals surface area (Å²) in [6, 6.07) is 8.88. The molecule has 0 radical (unpaired) electrons. The summed E-state index contributed by atoms with van der Waals surface area (Å²) >= 11 is 0. The third kappa shape index (κ3) is 4.56. The Morgan fingerprint density at radius 2 is 1.94 bits per heavy atom. The van der Waals surface area contributed by atoms with Crippen molar-refractivity contribution in [2.45, 2.75) is 32.9 Å². The molecule has 0 unspecified atom stereocenters. The van der Waals surface area contributed by atoms with Crippen LogP contribution < -0.4 is 10.9 Å². The summed E-state index contributed by atoms with van der Waals surface area (Å²) in [7, 11) is 1.58. The van der Waals surface area contributed by atoms with E-state index in [-0.39, 0.29) is 35.5 Å². The van der Waals surface area contributed by atoms with Gasteiger partial charge in [0.25, 0.3) is 12.0 Å². The quantitative estimate of drug-likeness (QED) is 0.475. The Morgan fingerprint density at radius 3 is 2.66 bits per heavy atom. The van der Waals surface area contributed by atoms with Gasteiger partial charge in [0.1, 0.15) is 6.33 Å². The van der Waals surface area contributed by atoms with Gasteiger partial charge in [0, 0.05) is 43.2 Å². The van der Waals surface area contributed by atoms with E-state index in [2.05, 4.69) is 20.5 Å². The number of amides is 1. The van der Waals surface area contributed by atoms with E-state index in [0.717, 1.165) is 17.2 Å². The van der Waals surface area contributed by atoms with Crippen LogP contribution in [0.5, 0.6) is 0 Å². The lowest BCUT2D eigenvalue weighted by Gasteiger charge is -2.09. The Balaban J connectivity index is 1.43. The Morgan fingerprint density at radius 1 is 1.19 bits per heavy atom. The lowest BCUT2D eigenvalue weighted by molar-refractivity contribution is -0.116. The van der Waals surface area contributed by atoms with Crippen molar-refractivity contribution in [2.75, 3.05) is 5.32 Å². The highest BCUT2D eigenvalue weighted by atomic mass is 19.3. The Hall–Kier alpha value is -3.89. The van der Waals surface area contributed by atoms with Crippen molar-refractivity contribution >= 4 is 22.9 Å². The minimum absolute atomic E-state index is 0.0221. The minimum atomic E-state index is -2.80. The van der Waals surface area contributed by atoms with Gasteiger partial charge in [0.05, 0.1) is 6.54 Å². The van der Waals surface area contributed by atoms with Gasteiger partial charge < -0.3 is 0 Å². The fourth-order valence-electron chi connectivity index (χ4n) is 3.38. The summed E-state index contributed by atoms with van der Waals surface area (Å²) in [4.78, 5) is 28.8. The van der Waals surface area contributed by atoms with E-state index in [0.29, 0.717) is 6.54 Å². The first kappa shape index (κ1) is 21.3. The average Bonchev–Trinajstić information content (AvgIpc) is 3.34. The van der Waals surface area contributed by atoms with Crippen LogP contribution in [0, 0.1) is 6.92 Å². The van der Waals surface area contributed by atoms with Gasteiger partial charge in [-0.2, -0.15) is 5.10 Å². The van der Waals surface area contributed by atoms with E-state index in [1.54, 1.807) is 11.7 Å². The second kappa shape index (κ2) is 8.69. The van der Waals surface area contributed by atoms with E-state index in [1.165, 1.54) is 21.8 Å². The molecule has 4 aromatic rings. The molecule has 0 bridgehead atoms. The molecule has 0 spiro atoms. The number of anilines is 1. The topological polar surface area (TPSA) is 99.6 Å². The molecule has 3 heterocycles. The van der Waals surface area contributed by atoms with Crippen molar-refractivity contribution < 1.29 is 13.6 Å². The van der Waals surface area contributed by atoms with E-state index in [1.807, 2.05) is 31.2 Å². The predicted molar refractivity (Wildman–Crippen MR) is 113 cm³/mol. The third-order valence-electron chi connectivity index (χ3n) is 4.97. The Kier molecular flexibility index (Phi) is 5.80. The van der Waals surface area contributed by atoms with Crippen LogP contribution in [0.15, 0.2) is 47.7 Å². The van der Waals surface area contributed by atoms with Crippen LogP contribution in [0.25, 0.3) is 11.0 Å². The molecule has 3 aromatic heterocycles. The number of pyridine rings is 1. The molecule has 32 heavy (non-hydrogen) atoms. The first-order valence-corrected chi connectivity index (χ1v) is 9.90. The molecule has 0 saturated heterocycles. The number of hydrogen-bond donors (Lipinski definition) is 1. The summed E-state index contributed by atoms with van der Waals surface area (Å²) in [6.45, 7) is 2.49. The van der Waals surface area contributed by atoms with E-state index < -0.39 is 17.9 Å². The number of fused-ring (bicyclic) bond motifs is 1. The van der Waals surface area contributed by atoms with Crippen molar-refractivity contribution in [3.8, 4) is 0 Å². The zero-order valence-corrected chi connectivity index (χ0v) is 17.5. The third-order valence-corrected chi connectivity index (χ3v) is 4.97. The summed E-state index contributed by atoms with van der Waals surface area (Å²) in [5.74, 6) is -0.266. The van der Waals surface area contributed by atoms with Crippen molar-refractivity contribution in [1.29, 1.82) is 0 Å². The van der Waals surface area contributed by atoms with E-state index >= 15 is 0 Å². The number of carbonyl (C=O) groups is 1. The van der Waals surface area contributed by atoms with Crippen molar-refractivity contribution in [3.63, 3.8) is 0 Å². The molecular formula is C21H21F2N7O2. The first-order valence-electron chi connectivity index (χ1n) is 9.90. The lowest BCUT2D eigenvalue weighted by Crippen LogP contribution is -2.24. The number of nitrogens with zero attached hydrogens (tertiary/aromatic N) is 6. The normalized spacial score (nSPS) is 11.4. The first-order chi connectivity index (χ1) is 15.3. The predicted octanol–water partition coefficient (Wildman–Crippen LogP) is 2.65. The zero-order chi connectivity index (χ0) is 22.8. The number of carbonyl (C=O) groups excluding carboxylic acids is 1. The van der Waals surface area contributed by atoms with Gasteiger partial charge in [-0.3, -0.25) is 24.2 Å². The van der Waals surface area contributed by atoms with Gasteiger partial charge in [0.15, 0.2) is 5.65 Å². The van der Waals surface area contributed by atoms with Crippen molar-refractivity contribution in [3.05, 3.63) is 69.9 Å². The number of rotatable bonds is 7. The van der Waals surface area contributed by atoms with Gasteiger partial charge in [-0.15, -0.1) is 5.10 Å². The maximum Gasteiger partial charge on any atom is 0.264 e. The van der Waals surface area contributed by atoms with Crippen LogP contribution in [-0.4, -0.2) is 35.0 Å². The standard InChI is InChI=1S/C21H21F2N7O2/c1-13-3-5-14(6-4-13)10-29-12-24-21(27-29)25-17(31)7-8-30-18(32)9-15(19(22)23)16-11-28(2)26-20(16)30/h3-6,9,11-12,19H,7-8,10H2,1-2H3,(H,25,27,31). The largest absolute Gasteiger partial charge is 0.293 e. The summed E-state index contributed by atoms with van der Waals surface area (Å²) in [5, 5.41) is 11.1. The van der Waals surface area contributed by atoms with Gasteiger partial charge in [0.2, 0.25) is 11.9 Å². The molecule has 4 rings (SSSR count). The SMILES string of the molecule is Cc1ccc(Cn2cnc(NC(=O)CCn3c(=O)cc(C(F)F)c4cn(C)nc43)n2)cc1. The van der Waals surface area contributed by atoms with Gasteiger partial charge in [-0.05, 0) is 12.5 Å². The van der Waals surface area contributed by atoms with Crippen LogP contribution in [0.1, 0.15) is 29.5 Å². The van der Waals surface area contributed by atoms with Crippen LogP contribution >= 0.6 is 0 Å². The molecule has 0 atom stereocenters. The minimum Gasteiger partial charge on any atom is -0.293 e. The molecule has 0 fully saturated rings. The summed E-state index contributed by atoms with van der Waals surface area (Å²) < 4.78 is 30.7. The lowest BCUT2D eigenvalue weighted by atomic mass is 10.1. The number of alkyl halides is 2. The molecule has 1 N–H and O–H groups in total. The average molecular weight is 441 g/mol. The van der Waals surface area contributed by atoms with Crippen LogP contribution in [-0.2, 0) is 24.9 Å². The molecule has 1 amide bonds. The molecule has 11 heteroatoms. The molecule has 0 aliphatic carbocycles. The fraction of sp³-hybridized carbons (Fsp3) is 0.286. The summed E-state index contributed by atoms with van der Waals surface area (Å²) in [6.07, 6.45) is 0.0674. The summed E-state index contributed by atoms with van der Waals surface area (Å²) in [5.41, 5.74) is 1.31. The Labute approximate surface area is 181 Å². The van der Waals surface area contributed by atoms with E-state index in [9.17, 15) is 18.4 Å². The van der Waals surface area contributed by atoms with Crippen LogP contribution in [0.2, 0.25) is 0 Å². The van der Waals surface area contributed by atoms with Gasteiger partial charge in [-0.1, -0.05) is 29.8 Å². The fourth-order valence-corrected chi connectivity index (χ4v) is 3.38. The molecule has 0 aliphatic rings. The number of aryl methyl sites for hydroxylation is 3. The number of hydrogen-bond acceptors (Lipinski definition) is 5. The second-order valence-corrected chi connectivity index (χ2v) is 7.48. The maximum absolute atomic E-state index is 13.3. The zero-order valence-electron chi connectivity index (χ0n) is 17.5. The second-order valence-electron chi connectivity index (χ2n) is 7.48. The van der Waals surface area contributed by atoms with Gasteiger partial charge >= 0.3 is 0 Å². The van der Waals surface area contributed by atoms with Gasteiger partial charge in [-0.25, -0.2) is 18.4 Å². The Bertz CT molecular complexity index is 1320. The number of nitrogens with one attached hydrogen (secondary N) is 1. The number of benzene rings is 1. The number of aromatic nitrogens is 6. The monoisotopic (exact) mass is 441 g/mol. The molecule has 166 valence electrons. The molecule has 0 saturated carbocycles. The molecule has 0 aliphatic heterocycles. The highest BCUT2D eigenvalue weighted by Gasteiger charge is 2.19. The van der Waals surface area contributed by atoms with Crippen molar-refractivity contribution in [2.24, 2.45) is 7.05 Å². The molecule has 1 aromatic carbocycles. The highest BCUT2D eigenvalue weighted by molar-refractivity contribution is 5.89. The van der Waals surface area contributed by atoms with Crippen LogP contribution in [0.3, 0.4) is 0 Å². The molecular weight excluding hydrogens is 420 g/mol. The van der Waals surface area contributed by atoms with Crippen LogP contribution in [0.4, 0.5) is 14.7 Å². The smallest absolute Gasteiger partial charge is 0.264 e.